The highest BCUT2D eigenvalue weighted by molar-refractivity contribution is 7.22. The molecule has 0 amide bonds. The minimum atomic E-state index is -2.83. The zero-order valence-corrected chi connectivity index (χ0v) is 35.4. The molecule has 0 unspecified atom stereocenters. The monoisotopic (exact) mass is 817 g/mol. The fourth-order valence-corrected chi connectivity index (χ4v) is 15.0. The molecule has 0 bridgehead atoms. The van der Waals surface area contributed by atoms with Crippen LogP contribution in [0.15, 0.2) is 237 Å². The maximum Gasteiger partial charge on any atom is 0.180 e. The number of benzene rings is 10. The van der Waals surface area contributed by atoms with Crippen molar-refractivity contribution < 1.29 is 0 Å². The number of rotatable bonds is 7. The van der Waals surface area contributed by atoms with Crippen LogP contribution in [0.2, 0.25) is 0 Å². The van der Waals surface area contributed by atoms with Gasteiger partial charge in [0, 0.05) is 16.7 Å². The van der Waals surface area contributed by atoms with E-state index in [-0.39, 0.29) is 0 Å². The standard InChI is InChI=1S/C59H39N3Si/c1-4-15-40(16-5-1)42-27-32-44(33-28-42)57-60-58(45-34-29-43(30-35-45)49-36-31-41-17-10-11-18-46(41)37-49)62-59(61-57)52-25-14-26-54-56(52)53-38-47-19-12-13-20-48(47)39-55(53)63(54,50-21-6-2-7-22-50)51-23-8-3-9-24-51/h1-39H. The summed E-state index contributed by atoms with van der Waals surface area (Å²) < 4.78 is 0. The number of nitrogens with zero attached hydrogens (tertiary/aromatic N) is 3. The van der Waals surface area contributed by atoms with Crippen LogP contribution in [0.4, 0.5) is 0 Å². The zero-order valence-electron chi connectivity index (χ0n) is 34.4. The SMILES string of the molecule is c1ccc(-c2ccc(-c3nc(-c4ccc(-c5ccc6ccccc6c5)cc4)nc(-c4cccc5c4-c4cc6ccccc6cc4[Si]5(c4ccccc4)c4ccccc4)n3)cc2)cc1. The predicted molar refractivity (Wildman–Crippen MR) is 265 cm³/mol. The van der Waals surface area contributed by atoms with E-state index < -0.39 is 8.07 Å². The molecule has 4 heteroatoms. The molecule has 0 spiro atoms. The highest BCUT2D eigenvalue weighted by atomic mass is 28.3. The molecular weight excluding hydrogens is 779 g/mol. The van der Waals surface area contributed by atoms with Crippen LogP contribution < -0.4 is 20.7 Å². The Labute approximate surface area is 367 Å². The van der Waals surface area contributed by atoms with Crippen LogP contribution in [0.5, 0.6) is 0 Å². The average Bonchev–Trinajstić information content (AvgIpc) is 3.66. The van der Waals surface area contributed by atoms with Gasteiger partial charge in [0.05, 0.1) is 0 Å². The van der Waals surface area contributed by atoms with Gasteiger partial charge in [-0.15, -0.1) is 0 Å². The Morgan fingerprint density at radius 3 is 1.30 bits per heavy atom. The van der Waals surface area contributed by atoms with Crippen LogP contribution in [0.1, 0.15) is 0 Å². The maximum absolute atomic E-state index is 5.41. The lowest BCUT2D eigenvalue weighted by Gasteiger charge is -2.31. The van der Waals surface area contributed by atoms with E-state index in [4.69, 9.17) is 15.0 Å². The molecule has 0 atom stereocenters. The summed E-state index contributed by atoms with van der Waals surface area (Å²) in [5, 5.41) is 10.3. The van der Waals surface area contributed by atoms with Crippen LogP contribution in [0.3, 0.4) is 0 Å². The van der Waals surface area contributed by atoms with E-state index >= 15 is 0 Å². The minimum absolute atomic E-state index is 0.635. The molecule has 0 saturated heterocycles. The van der Waals surface area contributed by atoms with Gasteiger partial charge in [0.1, 0.15) is 0 Å². The van der Waals surface area contributed by atoms with Gasteiger partial charge >= 0.3 is 0 Å². The van der Waals surface area contributed by atoms with Gasteiger partial charge in [-0.25, -0.2) is 15.0 Å². The largest absolute Gasteiger partial charge is 0.208 e. The molecule has 2 heterocycles. The molecule has 63 heavy (non-hydrogen) atoms. The Bertz CT molecular complexity index is 3440. The maximum atomic E-state index is 5.41. The first-order valence-electron chi connectivity index (χ1n) is 21.5. The molecule has 0 radical (unpaired) electrons. The summed E-state index contributed by atoms with van der Waals surface area (Å²) in [6.45, 7) is 0. The van der Waals surface area contributed by atoms with Crippen LogP contribution >= 0.6 is 0 Å². The summed E-state index contributed by atoms with van der Waals surface area (Å²) in [5.74, 6) is 1.93. The molecule has 10 aromatic carbocycles. The van der Waals surface area contributed by atoms with Crippen molar-refractivity contribution in [2.24, 2.45) is 0 Å². The molecule has 0 fully saturated rings. The van der Waals surface area contributed by atoms with Crippen molar-refractivity contribution in [2.45, 2.75) is 0 Å². The Morgan fingerprint density at radius 2 is 0.698 bits per heavy atom. The highest BCUT2D eigenvalue weighted by Crippen LogP contribution is 2.39. The van der Waals surface area contributed by atoms with Gasteiger partial charge in [-0.3, -0.25) is 0 Å². The van der Waals surface area contributed by atoms with Gasteiger partial charge in [-0.05, 0) is 87.8 Å². The number of aromatic nitrogens is 3. The fraction of sp³-hybridized carbons (Fsp3) is 0. The van der Waals surface area contributed by atoms with Crippen molar-refractivity contribution in [3.63, 3.8) is 0 Å². The molecule has 1 aromatic heterocycles. The van der Waals surface area contributed by atoms with Crippen LogP contribution in [-0.4, -0.2) is 23.0 Å². The third-order valence-corrected chi connectivity index (χ3v) is 17.6. The lowest BCUT2D eigenvalue weighted by Crippen LogP contribution is -2.72. The first-order chi connectivity index (χ1) is 31.2. The molecule has 1 aliphatic heterocycles. The predicted octanol–water partition coefficient (Wildman–Crippen LogP) is 11.9. The van der Waals surface area contributed by atoms with E-state index in [1.54, 1.807) is 0 Å². The Kier molecular flexibility index (Phi) is 8.84. The third-order valence-electron chi connectivity index (χ3n) is 12.8. The fourth-order valence-electron chi connectivity index (χ4n) is 9.79. The van der Waals surface area contributed by atoms with Crippen molar-refractivity contribution in [3.8, 4) is 67.5 Å². The molecule has 0 aliphatic carbocycles. The van der Waals surface area contributed by atoms with Gasteiger partial charge in [0.2, 0.25) is 0 Å². The summed E-state index contributed by atoms with van der Waals surface area (Å²) in [7, 11) is -2.83. The van der Waals surface area contributed by atoms with Crippen molar-refractivity contribution in [1.29, 1.82) is 0 Å². The van der Waals surface area contributed by atoms with Crippen LogP contribution in [0, 0.1) is 0 Å². The van der Waals surface area contributed by atoms with E-state index in [1.807, 2.05) is 6.07 Å². The van der Waals surface area contributed by atoms with E-state index in [1.165, 1.54) is 64.5 Å². The van der Waals surface area contributed by atoms with Gasteiger partial charge in [-0.1, -0.05) is 224 Å². The van der Waals surface area contributed by atoms with Gasteiger partial charge in [-0.2, -0.15) is 0 Å². The number of hydrogen-bond donors (Lipinski definition) is 0. The van der Waals surface area contributed by atoms with Gasteiger partial charge in [0.25, 0.3) is 0 Å². The average molecular weight is 818 g/mol. The summed E-state index contributed by atoms with van der Waals surface area (Å²) >= 11 is 0. The molecule has 1 aliphatic rings. The van der Waals surface area contributed by atoms with E-state index in [0.717, 1.165) is 27.8 Å². The van der Waals surface area contributed by atoms with Crippen LogP contribution in [0.25, 0.3) is 89.1 Å². The Hall–Kier alpha value is -8.05. The molecule has 294 valence electrons. The molecule has 3 nitrogen and oxygen atoms in total. The van der Waals surface area contributed by atoms with Crippen molar-refractivity contribution >= 4 is 50.4 Å². The zero-order chi connectivity index (χ0) is 41.7. The second-order valence-electron chi connectivity index (χ2n) is 16.3. The normalized spacial score (nSPS) is 12.6. The molecule has 12 rings (SSSR count). The second kappa shape index (κ2) is 15.1. The Balaban J connectivity index is 1.08. The lowest BCUT2D eigenvalue weighted by molar-refractivity contribution is 1.07. The molecule has 0 N–H and O–H groups in total. The number of fused-ring (bicyclic) bond motifs is 5. The third kappa shape index (κ3) is 6.22. The smallest absolute Gasteiger partial charge is 0.180 e. The first kappa shape index (κ1) is 36.8. The highest BCUT2D eigenvalue weighted by Gasteiger charge is 2.49. The van der Waals surface area contributed by atoms with E-state index in [2.05, 4.69) is 231 Å². The molecular formula is C59H39N3Si. The van der Waals surface area contributed by atoms with Crippen molar-refractivity contribution in [3.05, 3.63) is 237 Å². The van der Waals surface area contributed by atoms with Gasteiger partial charge in [0.15, 0.2) is 25.5 Å². The number of hydrogen-bond acceptors (Lipinski definition) is 3. The summed E-state index contributed by atoms with van der Waals surface area (Å²) in [5.41, 5.74) is 9.94. The second-order valence-corrected chi connectivity index (χ2v) is 20.1. The lowest BCUT2D eigenvalue weighted by atomic mass is 9.96. The van der Waals surface area contributed by atoms with Crippen molar-refractivity contribution in [2.75, 3.05) is 0 Å². The van der Waals surface area contributed by atoms with E-state index in [9.17, 15) is 0 Å². The topological polar surface area (TPSA) is 38.7 Å². The Morgan fingerprint density at radius 1 is 0.254 bits per heavy atom. The summed E-state index contributed by atoms with van der Waals surface area (Å²) in [6.07, 6.45) is 0. The minimum Gasteiger partial charge on any atom is -0.208 e. The van der Waals surface area contributed by atoms with Gasteiger partial charge < -0.3 is 0 Å². The van der Waals surface area contributed by atoms with E-state index in [0.29, 0.717) is 17.5 Å². The van der Waals surface area contributed by atoms with Crippen molar-refractivity contribution in [1.82, 2.24) is 15.0 Å². The van der Waals surface area contributed by atoms with Crippen LogP contribution in [-0.2, 0) is 0 Å². The first-order valence-corrected chi connectivity index (χ1v) is 23.5. The summed E-state index contributed by atoms with van der Waals surface area (Å²) in [6, 6.07) is 85.6. The molecule has 0 saturated carbocycles. The summed E-state index contributed by atoms with van der Waals surface area (Å²) in [4.78, 5) is 16.0. The molecule has 11 aromatic rings. The quantitative estimate of drug-likeness (QED) is 0.150.